The van der Waals surface area contributed by atoms with Gasteiger partial charge in [0.1, 0.15) is 0 Å². The Kier molecular flexibility index (Phi) is 5.81. The van der Waals surface area contributed by atoms with Crippen LogP contribution in [-0.4, -0.2) is 20.7 Å². The van der Waals surface area contributed by atoms with Crippen LogP contribution in [0.3, 0.4) is 0 Å². The van der Waals surface area contributed by atoms with Gasteiger partial charge in [0.25, 0.3) is 5.91 Å². The zero-order valence-corrected chi connectivity index (χ0v) is 18.8. The summed E-state index contributed by atoms with van der Waals surface area (Å²) in [7, 11) is 0. The van der Waals surface area contributed by atoms with Crippen LogP contribution in [0.4, 0.5) is 5.69 Å². The number of benzene rings is 3. The number of carbonyl (C=O) groups excluding carboxylic acids is 1. The van der Waals surface area contributed by atoms with Crippen molar-refractivity contribution in [1.29, 1.82) is 0 Å². The maximum Gasteiger partial charge on any atom is 0.295 e. The molecule has 1 aromatic heterocycles. The van der Waals surface area contributed by atoms with Crippen molar-refractivity contribution in [2.75, 3.05) is 5.32 Å². The van der Waals surface area contributed by atoms with Gasteiger partial charge in [0.05, 0.1) is 15.7 Å². The molecule has 156 valence electrons. The average Bonchev–Trinajstić information content (AvgIpc) is 3.16. The van der Waals surface area contributed by atoms with Crippen LogP contribution in [0, 0.1) is 20.8 Å². The van der Waals surface area contributed by atoms with Crippen LogP contribution < -0.4 is 5.32 Å². The van der Waals surface area contributed by atoms with Crippen molar-refractivity contribution in [3.05, 3.63) is 93.2 Å². The monoisotopic (exact) mass is 450 g/mol. The van der Waals surface area contributed by atoms with Crippen molar-refractivity contribution in [3.63, 3.8) is 0 Å². The van der Waals surface area contributed by atoms with Gasteiger partial charge in [-0.1, -0.05) is 64.7 Å². The lowest BCUT2D eigenvalue weighted by atomic mass is 10.1. The summed E-state index contributed by atoms with van der Waals surface area (Å²) in [6, 6.07) is 18.9. The third-order valence-electron chi connectivity index (χ3n) is 4.84. The first-order chi connectivity index (χ1) is 14.8. The zero-order valence-electron chi connectivity index (χ0n) is 17.3. The number of hydrogen-bond acceptors (Lipinski definition) is 3. The number of amides is 1. The van der Waals surface area contributed by atoms with E-state index in [0.29, 0.717) is 21.6 Å². The molecule has 0 unspecified atom stereocenters. The van der Waals surface area contributed by atoms with Crippen LogP contribution in [0.5, 0.6) is 0 Å². The van der Waals surface area contributed by atoms with E-state index in [1.54, 1.807) is 22.9 Å². The van der Waals surface area contributed by atoms with Crippen LogP contribution >= 0.6 is 23.2 Å². The van der Waals surface area contributed by atoms with Crippen molar-refractivity contribution in [2.24, 2.45) is 0 Å². The fraction of sp³-hybridized carbons (Fsp3) is 0.125. The lowest BCUT2D eigenvalue weighted by Crippen LogP contribution is -2.14. The topological polar surface area (TPSA) is 59.8 Å². The first-order valence-electron chi connectivity index (χ1n) is 9.70. The van der Waals surface area contributed by atoms with E-state index in [1.807, 2.05) is 57.2 Å². The molecule has 0 radical (unpaired) electrons. The second-order valence-corrected chi connectivity index (χ2v) is 8.23. The highest BCUT2D eigenvalue weighted by atomic mass is 35.5. The summed E-state index contributed by atoms with van der Waals surface area (Å²) in [4.78, 5) is 17.5. The minimum Gasteiger partial charge on any atom is -0.319 e. The first kappa shape index (κ1) is 21.1. The molecular formula is C24H20Cl2N4O. The smallest absolute Gasteiger partial charge is 0.295 e. The molecule has 0 atom stereocenters. The Bertz CT molecular complexity index is 1300. The third-order valence-corrected chi connectivity index (χ3v) is 5.58. The SMILES string of the molecule is Cc1cccc(-c2nc(C(=O)Nc3ccc(Cl)c(Cl)c3)nn2-c2ccc(C)cc2C)c1. The number of nitrogens with zero attached hydrogens (tertiary/aromatic N) is 3. The molecule has 1 amide bonds. The normalized spacial score (nSPS) is 10.9. The van der Waals surface area contributed by atoms with Gasteiger partial charge in [-0.3, -0.25) is 4.79 Å². The fourth-order valence-electron chi connectivity index (χ4n) is 3.35. The first-order valence-corrected chi connectivity index (χ1v) is 10.5. The molecule has 1 N–H and O–H groups in total. The van der Waals surface area contributed by atoms with Gasteiger partial charge in [0, 0.05) is 11.3 Å². The molecular weight excluding hydrogens is 431 g/mol. The second-order valence-electron chi connectivity index (χ2n) is 7.41. The van der Waals surface area contributed by atoms with Crippen molar-refractivity contribution < 1.29 is 4.79 Å². The summed E-state index contributed by atoms with van der Waals surface area (Å²) in [5, 5.41) is 8.10. The van der Waals surface area contributed by atoms with E-state index in [1.165, 1.54) is 0 Å². The molecule has 0 saturated carbocycles. The summed E-state index contributed by atoms with van der Waals surface area (Å²) in [6.45, 7) is 6.06. The quantitative estimate of drug-likeness (QED) is 0.390. The van der Waals surface area contributed by atoms with Gasteiger partial charge in [-0.2, -0.15) is 0 Å². The number of halogens is 2. The molecule has 0 aliphatic heterocycles. The van der Waals surface area contributed by atoms with Crippen LogP contribution in [0.25, 0.3) is 17.1 Å². The number of rotatable bonds is 4. The Balaban J connectivity index is 1.79. The number of aromatic nitrogens is 3. The van der Waals surface area contributed by atoms with Gasteiger partial charge in [-0.25, -0.2) is 9.67 Å². The molecule has 0 bridgehead atoms. The second kappa shape index (κ2) is 8.53. The van der Waals surface area contributed by atoms with Gasteiger partial charge < -0.3 is 5.32 Å². The Morgan fingerprint density at radius 2 is 1.68 bits per heavy atom. The largest absolute Gasteiger partial charge is 0.319 e. The highest BCUT2D eigenvalue weighted by Crippen LogP contribution is 2.27. The van der Waals surface area contributed by atoms with Crippen molar-refractivity contribution in [3.8, 4) is 17.1 Å². The van der Waals surface area contributed by atoms with E-state index < -0.39 is 5.91 Å². The Labute approximate surface area is 190 Å². The number of hydrogen-bond donors (Lipinski definition) is 1. The van der Waals surface area contributed by atoms with Gasteiger partial charge in [0.2, 0.25) is 5.82 Å². The van der Waals surface area contributed by atoms with Crippen LogP contribution in [0.2, 0.25) is 10.0 Å². The lowest BCUT2D eigenvalue weighted by molar-refractivity contribution is 0.101. The molecule has 4 aromatic rings. The van der Waals surface area contributed by atoms with Gasteiger partial charge in [-0.15, -0.1) is 5.10 Å². The fourth-order valence-corrected chi connectivity index (χ4v) is 3.65. The molecule has 7 heteroatoms. The molecule has 0 fully saturated rings. The summed E-state index contributed by atoms with van der Waals surface area (Å²) < 4.78 is 1.72. The maximum atomic E-state index is 12.9. The van der Waals surface area contributed by atoms with E-state index in [0.717, 1.165) is 27.9 Å². The van der Waals surface area contributed by atoms with E-state index >= 15 is 0 Å². The molecule has 1 heterocycles. The minimum absolute atomic E-state index is 0.0579. The highest BCUT2D eigenvalue weighted by Gasteiger charge is 2.20. The molecule has 5 nitrogen and oxygen atoms in total. The van der Waals surface area contributed by atoms with Crippen molar-refractivity contribution in [2.45, 2.75) is 20.8 Å². The molecule has 0 saturated heterocycles. The van der Waals surface area contributed by atoms with Crippen LogP contribution in [0.15, 0.2) is 60.7 Å². The predicted molar refractivity (Wildman–Crippen MR) is 125 cm³/mol. The molecule has 4 rings (SSSR count). The van der Waals surface area contributed by atoms with Gasteiger partial charge in [-0.05, 0) is 56.7 Å². The Hall–Kier alpha value is -3.15. The molecule has 3 aromatic carbocycles. The van der Waals surface area contributed by atoms with Gasteiger partial charge >= 0.3 is 0 Å². The highest BCUT2D eigenvalue weighted by molar-refractivity contribution is 6.42. The van der Waals surface area contributed by atoms with E-state index in [-0.39, 0.29) is 5.82 Å². The molecule has 0 spiro atoms. The standard InChI is InChI=1S/C24H20Cl2N4O/c1-14-5-4-6-17(12-14)23-28-22(24(31)27-18-8-9-19(25)20(26)13-18)29-30(23)21-10-7-15(2)11-16(21)3/h4-13H,1-3H3,(H,27,31). The number of aryl methyl sites for hydroxylation is 3. The minimum atomic E-state index is -0.434. The van der Waals surface area contributed by atoms with E-state index in [9.17, 15) is 4.79 Å². The summed E-state index contributed by atoms with van der Waals surface area (Å²) in [5.74, 6) is 0.216. The summed E-state index contributed by atoms with van der Waals surface area (Å²) >= 11 is 12.0. The van der Waals surface area contributed by atoms with Crippen molar-refractivity contribution in [1.82, 2.24) is 14.8 Å². The Morgan fingerprint density at radius 3 is 2.39 bits per heavy atom. The maximum absolute atomic E-state index is 12.9. The van der Waals surface area contributed by atoms with E-state index in [2.05, 4.69) is 21.5 Å². The predicted octanol–water partition coefficient (Wildman–Crippen LogP) is 6.42. The van der Waals surface area contributed by atoms with Gasteiger partial charge in [0.15, 0.2) is 5.82 Å². The molecule has 0 aliphatic rings. The summed E-state index contributed by atoms with van der Waals surface area (Å²) in [5.41, 5.74) is 5.53. The lowest BCUT2D eigenvalue weighted by Gasteiger charge is -2.10. The third kappa shape index (κ3) is 4.48. The average molecular weight is 451 g/mol. The van der Waals surface area contributed by atoms with Crippen LogP contribution in [0.1, 0.15) is 27.3 Å². The van der Waals surface area contributed by atoms with Crippen molar-refractivity contribution >= 4 is 34.8 Å². The van der Waals surface area contributed by atoms with Crippen LogP contribution in [-0.2, 0) is 0 Å². The zero-order chi connectivity index (χ0) is 22.1. The summed E-state index contributed by atoms with van der Waals surface area (Å²) in [6.07, 6.45) is 0. The number of nitrogens with one attached hydrogen (secondary N) is 1. The number of carbonyl (C=O) groups is 1. The Morgan fingerprint density at radius 1 is 0.903 bits per heavy atom. The number of anilines is 1. The molecule has 31 heavy (non-hydrogen) atoms. The van der Waals surface area contributed by atoms with E-state index in [4.69, 9.17) is 23.2 Å². The molecule has 0 aliphatic carbocycles.